The Morgan fingerprint density at radius 3 is 2.57 bits per heavy atom. The van der Waals surface area contributed by atoms with Crippen molar-refractivity contribution in [1.82, 2.24) is 0 Å². The third-order valence-corrected chi connectivity index (χ3v) is 4.00. The van der Waals surface area contributed by atoms with Crippen LogP contribution in [0.5, 0.6) is 0 Å². The van der Waals surface area contributed by atoms with Crippen molar-refractivity contribution < 1.29 is 24.3 Å². The highest BCUT2D eigenvalue weighted by Gasteiger charge is 2.44. The number of nitrogens with zero attached hydrogens (tertiary/aromatic N) is 1. The van der Waals surface area contributed by atoms with Crippen molar-refractivity contribution in [1.29, 1.82) is 0 Å². The van der Waals surface area contributed by atoms with Gasteiger partial charge in [0.05, 0.1) is 18.3 Å². The quantitative estimate of drug-likeness (QED) is 0.531. The monoisotopic (exact) mass is 303 g/mol. The van der Waals surface area contributed by atoms with Gasteiger partial charge < -0.3 is 14.6 Å². The minimum Gasteiger partial charge on any atom is -0.386 e. The van der Waals surface area contributed by atoms with Crippen LogP contribution < -0.4 is 0 Å². The molecule has 0 radical (unpaired) electrons. The molecule has 0 aromatic heterocycles. The molecular formula is C14H25NO6. The molecule has 0 aromatic rings. The van der Waals surface area contributed by atoms with Gasteiger partial charge in [0.25, 0.3) is 0 Å². The summed E-state index contributed by atoms with van der Waals surface area (Å²) in [6.07, 6.45) is -1.51. The number of carbonyl (C=O) groups is 1. The van der Waals surface area contributed by atoms with Crippen LogP contribution in [0.25, 0.3) is 0 Å². The maximum Gasteiger partial charge on any atom is 0.229 e. The summed E-state index contributed by atoms with van der Waals surface area (Å²) in [7, 11) is 1.53. The predicted octanol–water partition coefficient (Wildman–Crippen LogP) is 1.05. The van der Waals surface area contributed by atoms with Crippen molar-refractivity contribution >= 4 is 5.78 Å². The molecule has 0 spiro atoms. The van der Waals surface area contributed by atoms with E-state index in [1.54, 1.807) is 0 Å². The number of Topliss-reactive ketones (excluding diaryl/α,β-unsaturated/α-hetero) is 1. The number of ether oxygens (including phenoxy) is 2. The van der Waals surface area contributed by atoms with Gasteiger partial charge in [-0.25, -0.2) is 0 Å². The lowest BCUT2D eigenvalue weighted by Crippen LogP contribution is -2.35. The van der Waals surface area contributed by atoms with E-state index in [-0.39, 0.29) is 36.2 Å². The molecule has 1 fully saturated rings. The van der Waals surface area contributed by atoms with E-state index in [1.165, 1.54) is 7.11 Å². The van der Waals surface area contributed by atoms with Crippen molar-refractivity contribution in [2.75, 3.05) is 13.7 Å². The second-order valence-corrected chi connectivity index (χ2v) is 5.97. The van der Waals surface area contributed by atoms with Gasteiger partial charge in [0.2, 0.25) is 6.54 Å². The number of hydrogen-bond acceptors (Lipinski definition) is 6. The first-order valence-electron chi connectivity index (χ1n) is 7.27. The highest BCUT2D eigenvalue weighted by atomic mass is 16.6. The number of nitro groups is 1. The average molecular weight is 303 g/mol. The first-order valence-corrected chi connectivity index (χ1v) is 7.27. The van der Waals surface area contributed by atoms with E-state index in [9.17, 15) is 20.0 Å². The number of ketones is 1. The summed E-state index contributed by atoms with van der Waals surface area (Å²) < 4.78 is 11.2. The zero-order valence-electron chi connectivity index (χ0n) is 13.0. The molecule has 0 saturated carbocycles. The maximum atomic E-state index is 11.9. The Balaban J connectivity index is 2.67. The molecule has 1 aliphatic rings. The van der Waals surface area contributed by atoms with Gasteiger partial charge >= 0.3 is 0 Å². The average Bonchev–Trinajstić information content (AvgIpc) is 2.63. The maximum absolute atomic E-state index is 11.9. The van der Waals surface area contributed by atoms with Gasteiger partial charge in [-0.2, -0.15) is 0 Å². The van der Waals surface area contributed by atoms with Gasteiger partial charge in [0, 0.05) is 36.7 Å². The van der Waals surface area contributed by atoms with Crippen LogP contribution in [0.3, 0.4) is 0 Å². The van der Waals surface area contributed by atoms with Crippen LogP contribution in [-0.2, 0) is 14.3 Å². The Morgan fingerprint density at radius 2 is 2.10 bits per heavy atom. The Kier molecular flexibility index (Phi) is 6.70. The van der Waals surface area contributed by atoms with Crippen molar-refractivity contribution in [3.8, 4) is 0 Å². The lowest BCUT2D eigenvalue weighted by Gasteiger charge is -2.23. The van der Waals surface area contributed by atoms with Crippen LogP contribution >= 0.6 is 0 Å². The number of hydrogen-bond donors (Lipinski definition) is 1. The summed E-state index contributed by atoms with van der Waals surface area (Å²) >= 11 is 0. The first-order chi connectivity index (χ1) is 9.76. The molecule has 0 aliphatic carbocycles. The summed E-state index contributed by atoms with van der Waals surface area (Å²) in [4.78, 5) is 21.8. The second kappa shape index (κ2) is 7.82. The van der Waals surface area contributed by atoms with Gasteiger partial charge in [-0.05, 0) is 6.92 Å². The standard InChI is InChI=1S/C14H25NO6/c1-8(2)12(17)6-11-9(3)21-13(14(11)20-4)5-10(16)7-15(18)19/h8-11,13-14,16H,5-7H2,1-4H3/t9-,10?,11-,13+,14+/m0/s1. The van der Waals surface area contributed by atoms with E-state index >= 15 is 0 Å². The highest BCUT2D eigenvalue weighted by molar-refractivity contribution is 5.80. The van der Waals surface area contributed by atoms with Gasteiger partial charge in [0.1, 0.15) is 11.9 Å². The molecule has 21 heavy (non-hydrogen) atoms. The van der Waals surface area contributed by atoms with Crippen molar-refractivity contribution in [3.63, 3.8) is 0 Å². The van der Waals surface area contributed by atoms with Crippen LogP contribution in [0.1, 0.15) is 33.6 Å². The molecule has 1 saturated heterocycles. The fourth-order valence-corrected chi connectivity index (χ4v) is 2.78. The Hall–Kier alpha value is -1.05. The van der Waals surface area contributed by atoms with Crippen LogP contribution in [0.4, 0.5) is 0 Å². The number of carbonyl (C=O) groups excluding carboxylic acids is 1. The number of rotatable bonds is 8. The van der Waals surface area contributed by atoms with E-state index in [2.05, 4.69) is 0 Å². The third-order valence-electron chi connectivity index (χ3n) is 4.00. The summed E-state index contributed by atoms with van der Waals surface area (Å²) in [6.45, 7) is 5.05. The zero-order chi connectivity index (χ0) is 16.2. The Morgan fingerprint density at radius 1 is 1.48 bits per heavy atom. The molecule has 0 amide bonds. The molecule has 0 aromatic carbocycles. The van der Waals surface area contributed by atoms with E-state index in [1.807, 2.05) is 20.8 Å². The van der Waals surface area contributed by atoms with Gasteiger partial charge in [0.15, 0.2) is 0 Å². The van der Waals surface area contributed by atoms with E-state index in [0.717, 1.165) is 0 Å². The van der Waals surface area contributed by atoms with Crippen molar-refractivity contribution in [3.05, 3.63) is 10.1 Å². The third kappa shape index (κ3) is 5.01. The largest absolute Gasteiger partial charge is 0.386 e. The second-order valence-electron chi connectivity index (χ2n) is 5.97. The lowest BCUT2D eigenvalue weighted by molar-refractivity contribution is -0.490. The smallest absolute Gasteiger partial charge is 0.229 e. The van der Waals surface area contributed by atoms with E-state index < -0.39 is 23.7 Å². The van der Waals surface area contributed by atoms with Crippen LogP contribution in [0, 0.1) is 22.0 Å². The summed E-state index contributed by atoms with van der Waals surface area (Å²) in [5, 5.41) is 20.1. The molecule has 1 N–H and O–H groups in total. The number of aliphatic hydroxyl groups excluding tert-OH is 1. The molecule has 5 atom stereocenters. The molecule has 1 unspecified atom stereocenters. The summed E-state index contributed by atoms with van der Waals surface area (Å²) in [6, 6.07) is 0. The molecule has 1 rings (SSSR count). The van der Waals surface area contributed by atoms with Gasteiger partial charge in [-0.3, -0.25) is 14.9 Å². The van der Waals surface area contributed by atoms with Crippen LogP contribution in [0.15, 0.2) is 0 Å². The molecule has 1 aliphatic heterocycles. The molecule has 7 nitrogen and oxygen atoms in total. The SMILES string of the molecule is CO[C@@H]1[C@@H](CC(=O)C(C)C)[C@H](C)O[C@@H]1CC(O)C[N+](=O)[O-]. The minimum atomic E-state index is -1.07. The first kappa shape index (κ1) is 18.0. The highest BCUT2D eigenvalue weighted by Crippen LogP contribution is 2.34. The van der Waals surface area contributed by atoms with Crippen molar-refractivity contribution in [2.45, 2.75) is 58.0 Å². The van der Waals surface area contributed by atoms with Gasteiger partial charge in [-0.1, -0.05) is 13.8 Å². The van der Waals surface area contributed by atoms with E-state index in [0.29, 0.717) is 6.42 Å². The Bertz CT molecular complexity index is 372. The molecule has 1 heterocycles. The molecule has 122 valence electrons. The zero-order valence-corrected chi connectivity index (χ0v) is 13.0. The Labute approximate surface area is 124 Å². The molecular weight excluding hydrogens is 278 g/mol. The minimum absolute atomic E-state index is 0.0474. The normalized spacial score (nSPS) is 30.6. The number of methoxy groups -OCH3 is 1. The number of aliphatic hydroxyl groups is 1. The summed E-state index contributed by atoms with van der Waals surface area (Å²) in [5.41, 5.74) is 0. The van der Waals surface area contributed by atoms with Crippen LogP contribution in [-0.4, -0.2) is 53.9 Å². The van der Waals surface area contributed by atoms with Gasteiger partial charge in [-0.15, -0.1) is 0 Å². The molecule has 0 bridgehead atoms. The molecule has 7 heteroatoms. The van der Waals surface area contributed by atoms with E-state index in [4.69, 9.17) is 9.47 Å². The fourth-order valence-electron chi connectivity index (χ4n) is 2.78. The van der Waals surface area contributed by atoms with Crippen molar-refractivity contribution in [2.24, 2.45) is 11.8 Å². The topological polar surface area (TPSA) is 98.9 Å². The predicted molar refractivity (Wildman–Crippen MR) is 75.6 cm³/mol. The lowest BCUT2D eigenvalue weighted by atomic mass is 9.87. The van der Waals surface area contributed by atoms with Crippen LogP contribution in [0.2, 0.25) is 0 Å². The summed E-state index contributed by atoms with van der Waals surface area (Å²) in [5.74, 6) is 0.00975. The fraction of sp³-hybridized carbons (Fsp3) is 0.929.